The fourth-order valence-electron chi connectivity index (χ4n) is 2.12. The van der Waals surface area contributed by atoms with Gasteiger partial charge in [-0.15, -0.1) is 5.10 Å². The fourth-order valence-corrected chi connectivity index (χ4v) is 2.44. The van der Waals surface area contributed by atoms with Gasteiger partial charge in [-0.25, -0.2) is 13.0 Å². The molecule has 1 N–H and O–H groups in total. The molecule has 0 aliphatic carbocycles. The predicted octanol–water partition coefficient (Wildman–Crippen LogP) is 1.34. The van der Waals surface area contributed by atoms with E-state index in [1.165, 1.54) is 0 Å². The van der Waals surface area contributed by atoms with E-state index in [1.54, 1.807) is 10.9 Å². The molecule has 0 amide bonds. The predicted molar refractivity (Wildman–Crippen MR) is 88.5 cm³/mol. The second kappa shape index (κ2) is 8.65. The Morgan fingerprint density at radius 3 is 2.60 bits per heavy atom. The van der Waals surface area contributed by atoms with Crippen molar-refractivity contribution in [3.05, 3.63) is 30.6 Å². The highest BCUT2D eigenvalue weighted by atomic mass is 32.3. The number of aromatic nitrogens is 3. The zero-order chi connectivity index (χ0) is 18.3. The minimum atomic E-state index is -4.63. The summed E-state index contributed by atoms with van der Waals surface area (Å²) >= 11 is 0. The molecule has 0 spiro atoms. The molecule has 136 valence electrons. The van der Waals surface area contributed by atoms with Crippen molar-refractivity contribution in [1.29, 1.82) is 0 Å². The molecule has 0 aliphatic rings. The van der Waals surface area contributed by atoms with Crippen LogP contribution in [0.15, 0.2) is 40.8 Å². The second-order valence-electron chi connectivity index (χ2n) is 5.17. The average molecular weight is 368 g/mol. The van der Waals surface area contributed by atoms with Crippen LogP contribution in [0.2, 0.25) is 0 Å². The van der Waals surface area contributed by atoms with E-state index < -0.39 is 10.4 Å². The van der Waals surface area contributed by atoms with Crippen LogP contribution in [0.5, 0.6) is 0 Å². The van der Waals surface area contributed by atoms with Crippen LogP contribution in [0.25, 0.3) is 0 Å². The topological polar surface area (TPSA) is 127 Å². The Hall–Kier alpha value is -2.37. The first-order chi connectivity index (χ1) is 11.9. The zero-order valence-corrected chi connectivity index (χ0v) is 14.8. The van der Waals surface area contributed by atoms with E-state index in [1.807, 2.05) is 43.1 Å². The molecule has 0 atom stereocenters. The summed E-state index contributed by atoms with van der Waals surface area (Å²) in [7, 11) is -2.82. The summed E-state index contributed by atoms with van der Waals surface area (Å²) < 4.78 is 37.1. The van der Waals surface area contributed by atoms with Crippen molar-refractivity contribution < 1.29 is 21.7 Å². The Morgan fingerprint density at radius 1 is 1.32 bits per heavy atom. The number of anilines is 1. The molecule has 1 aromatic carbocycles. The summed E-state index contributed by atoms with van der Waals surface area (Å²) in [6.07, 6.45) is 2.02. The van der Waals surface area contributed by atoms with Gasteiger partial charge in [0.25, 0.3) is 0 Å². The number of rotatable bonds is 9. The van der Waals surface area contributed by atoms with Crippen molar-refractivity contribution in [2.45, 2.75) is 13.3 Å². The zero-order valence-electron chi connectivity index (χ0n) is 14.0. The third kappa shape index (κ3) is 6.21. The van der Waals surface area contributed by atoms with Crippen LogP contribution in [0.4, 0.5) is 17.3 Å². The molecule has 1 aromatic heterocycles. The number of H-pyrrole nitrogens is 1. The number of aryl methyl sites for hydroxylation is 1. The molecule has 1 heterocycles. The summed E-state index contributed by atoms with van der Waals surface area (Å²) in [5, 5.41) is 14.8. The minimum absolute atomic E-state index is 0.129. The smallest absolute Gasteiger partial charge is 0.401 e. The van der Waals surface area contributed by atoms with Gasteiger partial charge >= 0.3 is 5.95 Å². The molecular weight excluding hydrogens is 348 g/mol. The first-order valence-corrected chi connectivity index (χ1v) is 8.98. The largest absolute Gasteiger partial charge is 0.726 e. The van der Waals surface area contributed by atoms with E-state index in [-0.39, 0.29) is 6.61 Å². The van der Waals surface area contributed by atoms with Crippen LogP contribution in [-0.4, -0.2) is 42.9 Å². The maximum Gasteiger partial charge on any atom is 0.401 e. The van der Waals surface area contributed by atoms with Gasteiger partial charge in [-0.2, -0.15) is 0 Å². The number of nitrogens with zero attached hydrogens (tertiary/aromatic N) is 5. The summed E-state index contributed by atoms with van der Waals surface area (Å²) in [5.41, 5.74) is 1.65. The normalized spacial score (nSPS) is 12.0. The van der Waals surface area contributed by atoms with Crippen LogP contribution in [0, 0.1) is 0 Å². The van der Waals surface area contributed by atoms with Crippen LogP contribution in [0.3, 0.4) is 0 Å². The van der Waals surface area contributed by atoms with Crippen LogP contribution < -0.4 is 9.47 Å². The molecule has 10 nitrogen and oxygen atoms in total. The lowest BCUT2D eigenvalue weighted by Gasteiger charge is -2.23. The van der Waals surface area contributed by atoms with Crippen LogP contribution in [-0.2, 0) is 21.6 Å². The second-order valence-corrected chi connectivity index (χ2v) is 6.22. The number of aromatic amines is 1. The van der Waals surface area contributed by atoms with Crippen molar-refractivity contribution in [2.75, 3.05) is 24.6 Å². The van der Waals surface area contributed by atoms with Crippen LogP contribution >= 0.6 is 0 Å². The van der Waals surface area contributed by atoms with E-state index in [9.17, 15) is 13.0 Å². The van der Waals surface area contributed by atoms with Crippen molar-refractivity contribution >= 4 is 27.7 Å². The Morgan fingerprint density at radius 2 is 2.04 bits per heavy atom. The molecule has 2 rings (SSSR count). The van der Waals surface area contributed by atoms with Gasteiger partial charge in [0, 0.05) is 23.9 Å². The SMILES string of the molecule is CCN(CCCOS(=O)(=O)[O-])c1ccc(N=Nc2[nH]nc[n+]2C)cc1. The van der Waals surface area contributed by atoms with E-state index in [4.69, 9.17) is 0 Å². The lowest BCUT2D eigenvalue weighted by Crippen LogP contribution is -2.25. The maximum absolute atomic E-state index is 10.4. The molecule has 0 aliphatic heterocycles. The van der Waals surface area contributed by atoms with Gasteiger partial charge in [0.05, 0.1) is 19.3 Å². The number of benzene rings is 1. The quantitative estimate of drug-likeness (QED) is 0.234. The molecule has 0 radical (unpaired) electrons. The van der Waals surface area contributed by atoms with E-state index in [0.29, 0.717) is 24.6 Å². The minimum Gasteiger partial charge on any atom is -0.726 e. The van der Waals surface area contributed by atoms with Crippen molar-refractivity contribution in [1.82, 2.24) is 10.2 Å². The van der Waals surface area contributed by atoms with E-state index >= 15 is 0 Å². The molecule has 0 saturated heterocycles. The Labute approximate surface area is 146 Å². The fraction of sp³-hybridized carbons (Fsp3) is 0.429. The molecule has 2 aromatic rings. The van der Waals surface area contributed by atoms with Gasteiger partial charge < -0.3 is 9.45 Å². The number of nitrogens with one attached hydrogen (secondary N) is 1. The highest BCUT2D eigenvalue weighted by Crippen LogP contribution is 2.21. The highest BCUT2D eigenvalue weighted by Gasteiger charge is 2.07. The molecule has 25 heavy (non-hydrogen) atoms. The van der Waals surface area contributed by atoms with E-state index in [0.717, 1.165) is 12.2 Å². The lowest BCUT2D eigenvalue weighted by molar-refractivity contribution is -0.658. The van der Waals surface area contributed by atoms with Crippen molar-refractivity contribution in [2.24, 2.45) is 17.3 Å². The molecule has 0 saturated carbocycles. The molecule has 11 heteroatoms. The monoisotopic (exact) mass is 368 g/mol. The Bertz CT molecular complexity index is 803. The Kier molecular flexibility index (Phi) is 6.56. The maximum atomic E-state index is 10.4. The van der Waals surface area contributed by atoms with E-state index in [2.05, 4.69) is 24.6 Å². The molecule has 0 fully saturated rings. The number of hydrogen-bond donors (Lipinski definition) is 1. The first kappa shape index (κ1) is 19.0. The van der Waals surface area contributed by atoms with Gasteiger partial charge in [-0.3, -0.25) is 4.18 Å². The average Bonchev–Trinajstić information content (AvgIpc) is 2.98. The lowest BCUT2D eigenvalue weighted by atomic mass is 10.2. The highest BCUT2D eigenvalue weighted by molar-refractivity contribution is 7.80. The number of azo groups is 1. The summed E-state index contributed by atoms with van der Waals surface area (Å²) in [5.74, 6) is 0.535. The first-order valence-electron chi connectivity index (χ1n) is 7.65. The molecule has 0 bridgehead atoms. The summed E-state index contributed by atoms with van der Waals surface area (Å²) in [6.45, 7) is 3.15. The van der Waals surface area contributed by atoms with Gasteiger partial charge in [0.2, 0.25) is 16.7 Å². The van der Waals surface area contributed by atoms with Crippen LogP contribution in [0.1, 0.15) is 13.3 Å². The standard InChI is InChI=1S/C14H20N6O4S/c1-3-20(9-4-10-24-25(21,22)23)13-7-5-12(6-8-13)16-18-14-17-15-11-19(14)2/h5-8,11H,3-4,9-10H2,1-2H3,(H,21,22,23). The molecule has 0 unspecified atom stereocenters. The van der Waals surface area contributed by atoms with Crippen molar-refractivity contribution in [3.63, 3.8) is 0 Å². The Balaban J connectivity index is 1.92. The third-order valence-corrected chi connectivity index (χ3v) is 3.84. The van der Waals surface area contributed by atoms with Crippen molar-refractivity contribution in [3.8, 4) is 0 Å². The van der Waals surface area contributed by atoms with Gasteiger partial charge in [-0.1, -0.05) is 5.11 Å². The van der Waals surface area contributed by atoms with Gasteiger partial charge in [0.1, 0.15) is 0 Å². The number of hydrogen-bond acceptors (Lipinski definition) is 8. The third-order valence-electron chi connectivity index (χ3n) is 3.39. The van der Waals surface area contributed by atoms with Gasteiger partial charge in [-0.05, 0) is 42.7 Å². The molecular formula is C14H20N6O4S. The van der Waals surface area contributed by atoms with Gasteiger partial charge in [0.15, 0.2) is 0 Å². The summed E-state index contributed by atoms with van der Waals surface area (Å²) in [6, 6.07) is 7.46. The summed E-state index contributed by atoms with van der Waals surface area (Å²) in [4.78, 5) is 2.04.